The number of pyridine rings is 1. The fraction of sp³-hybridized carbons (Fsp3) is 0.667. The van der Waals surface area contributed by atoms with Crippen molar-refractivity contribution >= 4 is 6.03 Å². The summed E-state index contributed by atoms with van der Waals surface area (Å²) < 4.78 is 12.0. The number of carbonyl (C=O) groups excluding carboxylic acids is 1. The zero-order chi connectivity index (χ0) is 16.8. The molecule has 1 saturated heterocycles. The molecular formula is C18H27N3O3. The third-order valence-corrected chi connectivity index (χ3v) is 4.83. The third-order valence-electron chi connectivity index (χ3n) is 4.83. The van der Waals surface area contributed by atoms with Crippen molar-refractivity contribution in [1.29, 1.82) is 0 Å². The van der Waals surface area contributed by atoms with Gasteiger partial charge in [0.25, 0.3) is 0 Å². The molecule has 0 bridgehead atoms. The Morgan fingerprint density at radius 1 is 1.33 bits per heavy atom. The SMILES string of the molecule is CC1CCC2(CC1)OC[C@@H](CNC(=O)NCCc1ccccn1)O2. The summed E-state index contributed by atoms with van der Waals surface area (Å²) in [4.78, 5) is 16.1. The second-order valence-electron chi connectivity index (χ2n) is 6.85. The lowest BCUT2D eigenvalue weighted by Gasteiger charge is -2.34. The van der Waals surface area contributed by atoms with Gasteiger partial charge in [-0.05, 0) is 30.9 Å². The summed E-state index contributed by atoms with van der Waals surface area (Å²) in [6, 6.07) is 5.61. The van der Waals surface area contributed by atoms with Crippen LogP contribution >= 0.6 is 0 Å². The van der Waals surface area contributed by atoms with Crippen LogP contribution in [-0.4, -0.2) is 42.6 Å². The molecule has 1 aromatic heterocycles. The van der Waals surface area contributed by atoms with Crippen LogP contribution in [0.3, 0.4) is 0 Å². The molecule has 1 atom stereocenters. The van der Waals surface area contributed by atoms with Crippen LogP contribution in [0.2, 0.25) is 0 Å². The van der Waals surface area contributed by atoms with Gasteiger partial charge in [0.05, 0.1) is 6.61 Å². The van der Waals surface area contributed by atoms with Crippen LogP contribution < -0.4 is 10.6 Å². The van der Waals surface area contributed by atoms with Crippen LogP contribution in [-0.2, 0) is 15.9 Å². The van der Waals surface area contributed by atoms with E-state index in [4.69, 9.17) is 9.47 Å². The molecular weight excluding hydrogens is 306 g/mol. The molecule has 1 aromatic rings. The Kier molecular flexibility index (Phi) is 5.68. The predicted molar refractivity (Wildman–Crippen MR) is 90.5 cm³/mol. The first-order valence-corrected chi connectivity index (χ1v) is 8.89. The predicted octanol–water partition coefficient (Wildman–Crippen LogP) is 2.25. The van der Waals surface area contributed by atoms with Crippen LogP contribution in [0, 0.1) is 5.92 Å². The van der Waals surface area contributed by atoms with E-state index in [2.05, 4.69) is 22.5 Å². The van der Waals surface area contributed by atoms with Crippen LogP contribution in [0.25, 0.3) is 0 Å². The van der Waals surface area contributed by atoms with Gasteiger partial charge >= 0.3 is 6.03 Å². The van der Waals surface area contributed by atoms with Crippen molar-refractivity contribution < 1.29 is 14.3 Å². The Morgan fingerprint density at radius 2 is 2.17 bits per heavy atom. The van der Waals surface area contributed by atoms with Crippen molar-refractivity contribution in [3.8, 4) is 0 Å². The van der Waals surface area contributed by atoms with Gasteiger partial charge in [0.15, 0.2) is 5.79 Å². The first-order valence-electron chi connectivity index (χ1n) is 8.89. The Morgan fingerprint density at radius 3 is 2.92 bits per heavy atom. The maximum Gasteiger partial charge on any atom is 0.314 e. The number of nitrogens with one attached hydrogen (secondary N) is 2. The van der Waals surface area contributed by atoms with E-state index in [1.807, 2.05) is 18.2 Å². The second kappa shape index (κ2) is 7.94. The van der Waals surface area contributed by atoms with Gasteiger partial charge < -0.3 is 20.1 Å². The van der Waals surface area contributed by atoms with Crippen LogP contribution in [0.1, 0.15) is 38.3 Å². The van der Waals surface area contributed by atoms with Crippen molar-refractivity contribution in [1.82, 2.24) is 15.6 Å². The van der Waals surface area contributed by atoms with Crippen molar-refractivity contribution in [3.63, 3.8) is 0 Å². The fourth-order valence-corrected chi connectivity index (χ4v) is 3.30. The van der Waals surface area contributed by atoms with Gasteiger partial charge in [0.1, 0.15) is 6.10 Å². The molecule has 2 amide bonds. The Balaban J connectivity index is 1.32. The highest BCUT2D eigenvalue weighted by Crippen LogP contribution is 2.39. The zero-order valence-electron chi connectivity index (χ0n) is 14.3. The first-order chi connectivity index (χ1) is 11.7. The molecule has 24 heavy (non-hydrogen) atoms. The molecule has 6 nitrogen and oxygen atoms in total. The maximum absolute atomic E-state index is 11.9. The lowest BCUT2D eigenvalue weighted by atomic mass is 9.86. The van der Waals surface area contributed by atoms with Gasteiger partial charge in [0.2, 0.25) is 0 Å². The average molecular weight is 333 g/mol. The highest BCUT2D eigenvalue weighted by Gasteiger charge is 2.43. The van der Waals surface area contributed by atoms with Crippen molar-refractivity contribution in [2.75, 3.05) is 19.7 Å². The largest absolute Gasteiger partial charge is 0.347 e. The van der Waals surface area contributed by atoms with Gasteiger partial charge in [-0.2, -0.15) is 0 Å². The van der Waals surface area contributed by atoms with Crippen molar-refractivity contribution in [2.45, 2.75) is 50.9 Å². The molecule has 2 aliphatic rings. The molecule has 2 fully saturated rings. The van der Waals surface area contributed by atoms with E-state index in [1.165, 1.54) is 0 Å². The van der Waals surface area contributed by atoms with Crippen LogP contribution in [0.15, 0.2) is 24.4 Å². The number of hydrogen-bond donors (Lipinski definition) is 2. The van der Waals surface area contributed by atoms with Gasteiger partial charge in [-0.1, -0.05) is 13.0 Å². The lowest BCUT2D eigenvalue weighted by molar-refractivity contribution is -0.191. The van der Waals surface area contributed by atoms with E-state index in [9.17, 15) is 4.79 Å². The smallest absolute Gasteiger partial charge is 0.314 e. The average Bonchev–Trinajstić information content (AvgIpc) is 3.00. The summed E-state index contributed by atoms with van der Waals surface area (Å²) in [6.45, 7) is 3.87. The van der Waals surface area contributed by atoms with E-state index in [1.54, 1.807) is 6.20 Å². The lowest BCUT2D eigenvalue weighted by Crippen LogP contribution is -2.42. The first kappa shape index (κ1) is 17.2. The molecule has 2 N–H and O–H groups in total. The van der Waals surface area contributed by atoms with Crippen molar-refractivity contribution in [3.05, 3.63) is 30.1 Å². The molecule has 6 heteroatoms. The molecule has 1 saturated carbocycles. The highest BCUT2D eigenvalue weighted by atomic mass is 16.7. The summed E-state index contributed by atoms with van der Waals surface area (Å²) >= 11 is 0. The minimum Gasteiger partial charge on any atom is -0.347 e. The Hall–Kier alpha value is -1.66. The maximum atomic E-state index is 11.9. The van der Waals surface area contributed by atoms with Gasteiger partial charge in [0, 0.05) is 44.2 Å². The topological polar surface area (TPSA) is 72.5 Å². The number of nitrogens with zero attached hydrogens (tertiary/aromatic N) is 1. The Bertz CT molecular complexity index is 530. The molecule has 1 aliphatic carbocycles. The summed E-state index contributed by atoms with van der Waals surface area (Å²) in [5.41, 5.74) is 0.971. The number of carbonyl (C=O) groups is 1. The van der Waals surface area contributed by atoms with Crippen LogP contribution in [0.5, 0.6) is 0 Å². The molecule has 1 aliphatic heterocycles. The van der Waals surface area contributed by atoms with E-state index >= 15 is 0 Å². The van der Waals surface area contributed by atoms with Gasteiger partial charge in [-0.15, -0.1) is 0 Å². The second-order valence-corrected chi connectivity index (χ2v) is 6.85. The van der Waals surface area contributed by atoms with E-state index < -0.39 is 5.79 Å². The summed E-state index contributed by atoms with van der Waals surface area (Å²) in [6.07, 6.45) is 6.64. The molecule has 0 aromatic carbocycles. The van der Waals surface area contributed by atoms with E-state index in [-0.39, 0.29) is 12.1 Å². The zero-order valence-corrected chi connectivity index (χ0v) is 14.3. The van der Waals surface area contributed by atoms with E-state index in [0.29, 0.717) is 19.7 Å². The highest BCUT2D eigenvalue weighted by molar-refractivity contribution is 5.73. The number of rotatable bonds is 5. The summed E-state index contributed by atoms with van der Waals surface area (Å²) in [5.74, 6) is 0.360. The number of urea groups is 1. The normalized spacial score (nSPS) is 29.5. The fourth-order valence-electron chi connectivity index (χ4n) is 3.30. The monoisotopic (exact) mass is 333 g/mol. The number of aromatic nitrogens is 1. The molecule has 0 unspecified atom stereocenters. The van der Waals surface area contributed by atoms with Crippen molar-refractivity contribution in [2.24, 2.45) is 5.92 Å². The summed E-state index contributed by atoms with van der Waals surface area (Å²) in [7, 11) is 0. The minimum atomic E-state index is -0.395. The standard InChI is InChI=1S/C18H27N3O3/c1-14-5-8-18(9-6-14)23-13-16(24-18)12-21-17(22)20-11-7-15-4-2-3-10-19-15/h2-4,10,14,16H,5-9,11-13H2,1H3,(H2,20,21,22)/t14?,16-,18?/m1/s1. The van der Waals surface area contributed by atoms with Gasteiger partial charge in [-0.3, -0.25) is 4.98 Å². The third kappa shape index (κ3) is 4.68. The van der Waals surface area contributed by atoms with Crippen LogP contribution in [0.4, 0.5) is 4.79 Å². The number of ether oxygens (including phenoxy) is 2. The quantitative estimate of drug-likeness (QED) is 0.867. The minimum absolute atomic E-state index is 0.0556. The molecule has 2 heterocycles. The number of hydrogen-bond acceptors (Lipinski definition) is 4. The summed E-state index contributed by atoms with van der Waals surface area (Å²) in [5, 5.41) is 5.71. The molecule has 132 valence electrons. The Labute approximate surface area is 143 Å². The van der Waals surface area contributed by atoms with E-state index in [0.717, 1.165) is 43.7 Å². The molecule has 1 spiro atoms. The number of amides is 2. The van der Waals surface area contributed by atoms with Gasteiger partial charge in [-0.25, -0.2) is 4.79 Å². The molecule has 0 radical (unpaired) electrons. The molecule has 3 rings (SSSR count).